The van der Waals surface area contributed by atoms with Gasteiger partial charge in [0, 0.05) is 30.7 Å². The maximum absolute atomic E-state index is 3.83. The van der Waals surface area contributed by atoms with Crippen molar-refractivity contribution in [2.75, 3.05) is 13.1 Å². The van der Waals surface area contributed by atoms with Gasteiger partial charge in [0.15, 0.2) is 0 Å². The number of nitrogens with one attached hydrogen (secondary N) is 1. The largest absolute Gasteiger partial charge is 0.307 e. The minimum Gasteiger partial charge on any atom is -0.307 e. The van der Waals surface area contributed by atoms with Gasteiger partial charge in [-0.05, 0) is 44.6 Å². The minimum absolute atomic E-state index is 0.361. The van der Waals surface area contributed by atoms with Crippen molar-refractivity contribution in [2.45, 2.75) is 64.1 Å². The summed E-state index contributed by atoms with van der Waals surface area (Å²) in [5.74, 6) is 0.904. The lowest BCUT2D eigenvalue weighted by Gasteiger charge is -2.51. The molecule has 0 spiro atoms. The Bertz CT molecular complexity index is 454. The van der Waals surface area contributed by atoms with Gasteiger partial charge in [-0.3, -0.25) is 4.90 Å². The number of hydrogen-bond acceptors (Lipinski definition) is 2. The highest BCUT2D eigenvalue weighted by atomic mass is 15.3. The normalized spacial score (nSPS) is 32.0. The predicted octanol–water partition coefficient (Wildman–Crippen LogP) is 3.99. The Morgan fingerprint density at radius 3 is 2.62 bits per heavy atom. The predicted molar refractivity (Wildman–Crippen MR) is 89.4 cm³/mol. The SMILES string of the molecule is CCCC(C)N1CC(c2ccccc2)NCC1(C)C1CC1. The van der Waals surface area contributed by atoms with E-state index in [9.17, 15) is 0 Å². The number of piperazine rings is 1. The van der Waals surface area contributed by atoms with Crippen LogP contribution in [0, 0.1) is 5.92 Å². The number of rotatable bonds is 5. The van der Waals surface area contributed by atoms with Crippen molar-refractivity contribution in [3.63, 3.8) is 0 Å². The molecule has 0 bridgehead atoms. The molecule has 2 nitrogen and oxygen atoms in total. The fraction of sp³-hybridized carbons (Fsp3) is 0.684. The second-order valence-corrected chi connectivity index (χ2v) is 7.27. The van der Waals surface area contributed by atoms with Crippen molar-refractivity contribution < 1.29 is 0 Å². The van der Waals surface area contributed by atoms with Gasteiger partial charge in [-0.25, -0.2) is 0 Å². The van der Waals surface area contributed by atoms with E-state index in [2.05, 4.69) is 61.3 Å². The van der Waals surface area contributed by atoms with Crippen LogP contribution in [0.15, 0.2) is 30.3 Å². The van der Waals surface area contributed by atoms with Gasteiger partial charge in [-0.1, -0.05) is 43.7 Å². The van der Waals surface area contributed by atoms with E-state index in [1.165, 1.54) is 31.2 Å². The molecule has 2 fully saturated rings. The maximum atomic E-state index is 3.83. The molecule has 1 saturated heterocycles. The number of nitrogens with zero attached hydrogens (tertiary/aromatic N) is 1. The average Bonchev–Trinajstić information content (AvgIpc) is 3.34. The van der Waals surface area contributed by atoms with Gasteiger partial charge >= 0.3 is 0 Å². The van der Waals surface area contributed by atoms with Crippen molar-refractivity contribution >= 4 is 0 Å². The molecule has 1 saturated carbocycles. The highest BCUT2D eigenvalue weighted by molar-refractivity contribution is 5.21. The molecule has 0 aromatic heterocycles. The van der Waals surface area contributed by atoms with Gasteiger partial charge in [0.25, 0.3) is 0 Å². The second-order valence-electron chi connectivity index (χ2n) is 7.27. The highest BCUT2D eigenvalue weighted by Gasteiger charge is 2.49. The molecule has 3 unspecified atom stereocenters. The summed E-state index contributed by atoms with van der Waals surface area (Å²) in [6.07, 6.45) is 5.43. The smallest absolute Gasteiger partial charge is 0.0450 e. The van der Waals surface area contributed by atoms with E-state index in [0.29, 0.717) is 17.6 Å². The Morgan fingerprint density at radius 2 is 2.00 bits per heavy atom. The van der Waals surface area contributed by atoms with Gasteiger partial charge < -0.3 is 5.32 Å². The topological polar surface area (TPSA) is 15.3 Å². The van der Waals surface area contributed by atoms with Crippen molar-refractivity contribution in [3.05, 3.63) is 35.9 Å². The number of benzene rings is 1. The Kier molecular flexibility index (Phi) is 4.37. The summed E-state index contributed by atoms with van der Waals surface area (Å²) in [6, 6.07) is 12.1. The average molecular weight is 286 g/mol. The molecule has 2 aliphatic rings. The summed E-state index contributed by atoms with van der Waals surface area (Å²) in [6.45, 7) is 9.51. The summed E-state index contributed by atoms with van der Waals surface area (Å²) in [5, 5.41) is 3.83. The van der Waals surface area contributed by atoms with Gasteiger partial charge in [0.2, 0.25) is 0 Å². The van der Waals surface area contributed by atoms with Gasteiger partial charge in [-0.15, -0.1) is 0 Å². The van der Waals surface area contributed by atoms with E-state index in [1.54, 1.807) is 0 Å². The van der Waals surface area contributed by atoms with Crippen LogP contribution in [0.3, 0.4) is 0 Å². The molecule has 2 heteroatoms. The molecule has 3 rings (SSSR count). The molecule has 0 radical (unpaired) electrons. The standard InChI is InChI=1S/C19H30N2/c1-4-8-15(2)21-13-18(16-9-6-5-7-10-16)20-14-19(21,3)17-11-12-17/h5-7,9-10,15,17-18,20H,4,8,11-14H2,1-3H3. The molecular weight excluding hydrogens is 256 g/mol. The number of hydrogen-bond donors (Lipinski definition) is 1. The third-order valence-corrected chi connectivity index (χ3v) is 5.64. The monoisotopic (exact) mass is 286 g/mol. The van der Waals surface area contributed by atoms with Crippen LogP contribution in [0.5, 0.6) is 0 Å². The van der Waals surface area contributed by atoms with Crippen LogP contribution in [0.1, 0.15) is 58.1 Å². The van der Waals surface area contributed by atoms with E-state index in [1.807, 2.05) is 0 Å². The minimum atomic E-state index is 0.361. The molecule has 0 amide bonds. The summed E-state index contributed by atoms with van der Waals surface area (Å²) in [4.78, 5) is 2.82. The summed E-state index contributed by atoms with van der Waals surface area (Å²) < 4.78 is 0. The lowest BCUT2D eigenvalue weighted by Crippen LogP contribution is -2.64. The van der Waals surface area contributed by atoms with Crippen molar-refractivity contribution in [1.29, 1.82) is 0 Å². The first-order chi connectivity index (χ1) is 10.1. The molecule has 1 aromatic carbocycles. The van der Waals surface area contributed by atoms with Crippen molar-refractivity contribution in [3.8, 4) is 0 Å². The molecule has 1 aromatic rings. The van der Waals surface area contributed by atoms with Crippen molar-refractivity contribution in [2.24, 2.45) is 5.92 Å². The molecule has 3 atom stereocenters. The second kappa shape index (κ2) is 6.10. The van der Waals surface area contributed by atoms with Crippen LogP contribution in [0.4, 0.5) is 0 Å². The van der Waals surface area contributed by atoms with Crippen LogP contribution in [0.2, 0.25) is 0 Å². The fourth-order valence-electron chi connectivity index (χ4n) is 4.15. The van der Waals surface area contributed by atoms with Crippen molar-refractivity contribution in [1.82, 2.24) is 10.2 Å². The molecule has 21 heavy (non-hydrogen) atoms. The van der Waals surface area contributed by atoms with Crippen LogP contribution in [-0.2, 0) is 0 Å². The Hall–Kier alpha value is -0.860. The van der Waals surface area contributed by atoms with E-state index >= 15 is 0 Å². The third-order valence-electron chi connectivity index (χ3n) is 5.64. The van der Waals surface area contributed by atoms with Crippen LogP contribution >= 0.6 is 0 Å². The van der Waals surface area contributed by atoms with E-state index in [-0.39, 0.29) is 0 Å². The quantitative estimate of drug-likeness (QED) is 0.880. The lowest BCUT2D eigenvalue weighted by molar-refractivity contribution is 0.000335. The first kappa shape index (κ1) is 15.1. The first-order valence-corrected chi connectivity index (χ1v) is 8.70. The Balaban J connectivity index is 1.79. The molecule has 1 aliphatic heterocycles. The zero-order chi connectivity index (χ0) is 14.9. The first-order valence-electron chi connectivity index (χ1n) is 8.70. The molecule has 1 N–H and O–H groups in total. The zero-order valence-electron chi connectivity index (χ0n) is 13.8. The third kappa shape index (κ3) is 3.02. The summed E-state index contributed by atoms with van der Waals surface area (Å²) >= 11 is 0. The maximum Gasteiger partial charge on any atom is 0.0450 e. The van der Waals surface area contributed by atoms with Gasteiger partial charge in [0.1, 0.15) is 0 Å². The Labute approximate surface area is 129 Å². The molecule has 116 valence electrons. The van der Waals surface area contributed by atoms with Gasteiger partial charge in [0.05, 0.1) is 0 Å². The zero-order valence-corrected chi connectivity index (χ0v) is 13.8. The molecule has 1 heterocycles. The van der Waals surface area contributed by atoms with E-state index in [4.69, 9.17) is 0 Å². The summed E-state index contributed by atoms with van der Waals surface area (Å²) in [5.41, 5.74) is 1.80. The van der Waals surface area contributed by atoms with Gasteiger partial charge in [-0.2, -0.15) is 0 Å². The lowest BCUT2D eigenvalue weighted by atomic mass is 9.86. The van der Waals surface area contributed by atoms with Crippen LogP contribution < -0.4 is 5.32 Å². The molecular formula is C19H30N2. The van der Waals surface area contributed by atoms with E-state index < -0.39 is 0 Å². The van der Waals surface area contributed by atoms with E-state index in [0.717, 1.165) is 19.0 Å². The Morgan fingerprint density at radius 1 is 1.29 bits per heavy atom. The van der Waals surface area contributed by atoms with Crippen LogP contribution in [0.25, 0.3) is 0 Å². The fourth-order valence-corrected chi connectivity index (χ4v) is 4.15. The molecule has 1 aliphatic carbocycles. The highest BCUT2D eigenvalue weighted by Crippen LogP contribution is 2.46. The van der Waals surface area contributed by atoms with Crippen LogP contribution in [-0.4, -0.2) is 29.6 Å². The summed E-state index contributed by atoms with van der Waals surface area (Å²) in [7, 11) is 0.